The van der Waals surface area contributed by atoms with Crippen molar-refractivity contribution >= 4 is 54.4 Å². The van der Waals surface area contributed by atoms with Crippen molar-refractivity contribution in [1.29, 1.82) is 0 Å². The smallest absolute Gasteiger partial charge is 0.347 e. The van der Waals surface area contributed by atoms with Crippen LogP contribution in [0.25, 0.3) is 28.3 Å². The molecule has 0 N–H and O–H groups in total. The van der Waals surface area contributed by atoms with E-state index < -0.39 is 5.63 Å². The predicted molar refractivity (Wildman–Crippen MR) is 101 cm³/mol. The number of rotatable bonds is 2. The molecule has 6 nitrogen and oxygen atoms in total. The van der Waals surface area contributed by atoms with Crippen LogP contribution in [0.4, 0.5) is 0 Å². The molecule has 0 fully saturated rings. The molecule has 0 aliphatic carbocycles. The fraction of sp³-hybridized carbons (Fsp3) is 0. The summed E-state index contributed by atoms with van der Waals surface area (Å²) in [4.78, 5) is 21.0. The van der Waals surface area contributed by atoms with Crippen LogP contribution in [0.1, 0.15) is 0 Å². The SMILES string of the molecule is O=c1oc(-c2cc(Br)nn2-c2ncccc2Cl)nc2c(Br)cccc12. The number of nitrogens with zero attached hydrogens (tertiary/aromatic N) is 4. The van der Waals surface area contributed by atoms with Crippen molar-refractivity contribution in [1.82, 2.24) is 19.7 Å². The van der Waals surface area contributed by atoms with Crippen molar-refractivity contribution in [2.45, 2.75) is 0 Å². The maximum absolute atomic E-state index is 12.3. The maximum atomic E-state index is 12.3. The fourth-order valence-corrected chi connectivity index (χ4v) is 3.40. The van der Waals surface area contributed by atoms with Gasteiger partial charge in [-0.1, -0.05) is 17.7 Å². The van der Waals surface area contributed by atoms with Gasteiger partial charge in [0, 0.05) is 16.7 Å². The van der Waals surface area contributed by atoms with Gasteiger partial charge in [-0.2, -0.15) is 5.10 Å². The minimum absolute atomic E-state index is 0.115. The van der Waals surface area contributed by atoms with Gasteiger partial charge in [0.15, 0.2) is 5.82 Å². The van der Waals surface area contributed by atoms with Crippen LogP contribution in [0.3, 0.4) is 0 Å². The molecule has 9 heteroatoms. The highest BCUT2D eigenvalue weighted by atomic mass is 79.9. The molecule has 4 rings (SSSR count). The first-order valence-electron chi connectivity index (χ1n) is 7.01. The van der Waals surface area contributed by atoms with Crippen molar-refractivity contribution in [3.63, 3.8) is 0 Å². The number of fused-ring (bicyclic) bond motifs is 1. The molecule has 1 aromatic carbocycles. The lowest BCUT2D eigenvalue weighted by Crippen LogP contribution is -2.07. The molecular weight excluding hydrogens is 475 g/mol. The number of hydrogen-bond acceptors (Lipinski definition) is 5. The first-order valence-corrected chi connectivity index (χ1v) is 8.97. The molecule has 0 saturated heterocycles. The van der Waals surface area contributed by atoms with Gasteiger partial charge in [-0.15, -0.1) is 0 Å². The fourth-order valence-electron chi connectivity index (χ4n) is 2.37. The van der Waals surface area contributed by atoms with Gasteiger partial charge in [-0.25, -0.2) is 19.4 Å². The molecule has 0 spiro atoms. The van der Waals surface area contributed by atoms with Crippen molar-refractivity contribution in [3.05, 3.63) is 67.1 Å². The number of para-hydroxylation sites is 1. The van der Waals surface area contributed by atoms with E-state index in [1.54, 1.807) is 42.6 Å². The van der Waals surface area contributed by atoms with Crippen molar-refractivity contribution < 1.29 is 4.42 Å². The maximum Gasteiger partial charge on any atom is 0.347 e. The molecule has 0 atom stereocenters. The predicted octanol–water partition coefficient (Wildman–Crippen LogP) is 4.61. The Labute approximate surface area is 162 Å². The van der Waals surface area contributed by atoms with Crippen LogP contribution in [0, 0.1) is 0 Å². The normalized spacial score (nSPS) is 11.2. The van der Waals surface area contributed by atoms with E-state index >= 15 is 0 Å². The summed E-state index contributed by atoms with van der Waals surface area (Å²) in [5.41, 5.74) is 0.462. The van der Waals surface area contributed by atoms with E-state index in [4.69, 9.17) is 16.0 Å². The van der Waals surface area contributed by atoms with E-state index in [0.29, 0.717) is 36.5 Å². The summed E-state index contributed by atoms with van der Waals surface area (Å²) in [6, 6.07) is 10.3. The van der Waals surface area contributed by atoms with Crippen LogP contribution in [-0.4, -0.2) is 19.7 Å². The summed E-state index contributed by atoms with van der Waals surface area (Å²) in [7, 11) is 0. The molecule has 3 aromatic heterocycles. The van der Waals surface area contributed by atoms with Gasteiger partial charge in [-0.05, 0) is 56.1 Å². The minimum atomic E-state index is -0.489. The summed E-state index contributed by atoms with van der Waals surface area (Å²) >= 11 is 13.0. The largest absolute Gasteiger partial charge is 0.401 e. The average molecular weight is 483 g/mol. The summed E-state index contributed by atoms with van der Waals surface area (Å²) < 4.78 is 8.10. The van der Waals surface area contributed by atoms with Gasteiger partial charge < -0.3 is 4.42 Å². The Morgan fingerprint density at radius 3 is 2.80 bits per heavy atom. The Kier molecular flexibility index (Phi) is 4.18. The minimum Gasteiger partial charge on any atom is -0.401 e. The zero-order chi connectivity index (χ0) is 17.6. The molecule has 0 aliphatic heterocycles. The lowest BCUT2D eigenvalue weighted by atomic mass is 10.2. The van der Waals surface area contributed by atoms with Crippen molar-refractivity contribution in [2.24, 2.45) is 0 Å². The third-order valence-corrected chi connectivity index (χ3v) is 4.77. The molecule has 3 heterocycles. The summed E-state index contributed by atoms with van der Waals surface area (Å²) in [6.07, 6.45) is 1.60. The Morgan fingerprint density at radius 1 is 1.16 bits per heavy atom. The van der Waals surface area contributed by atoms with E-state index in [2.05, 4.69) is 46.9 Å². The van der Waals surface area contributed by atoms with Gasteiger partial charge in [0.2, 0.25) is 5.89 Å². The molecule has 0 saturated carbocycles. The number of hydrogen-bond donors (Lipinski definition) is 0. The Balaban J connectivity index is 2.01. The van der Waals surface area contributed by atoms with Crippen LogP contribution in [0.15, 0.2) is 60.9 Å². The van der Waals surface area contributed by atoms with Crippen LogP contribution in [-0.2, 0) is 0 Å². The summed E-state index contributed by atoms with van der Waals surface area (Å²) in [6.45, 7) is 0. The second kappa shape index (κ2) is 6.36. The zero-order valence-electron chi connectivity index (χ0n) is 12.3. The Hall–Kier alpha value is -2.03. The Morgan fingerprint density at radius 2 is 2.00 bits per heavy atom. The highest BCUT2D eigenvalue weighted by molar-refractivity contribution is 9.10. The molecule has 0 amide bonds. The molecule has 124 valence electrons. The van der Waals surface area contributed by atoms with Crippen molar-refractivity contribution in [2.75, 3.05) is 0 Å². The second-order valence-corrected chi connectivity index (χ2v) is 7.09. The van der Waals surface area contributed by atoms with Gasteiger partial charge in [0.1, 0.15) is 10.3 Å². The van der Waals surface area contributed by atoms with Crippen LogP contribution in [0.5, 0.6) is 0 Å². The van der Waals surface area contributed by atoms with Crippen LogP contribution in [0.2, 0.25) is 5.02 Å². The van der Waals surface area contributed by atoms with Crippen LogP contribution < -0.4 is 5.63 Å². The van der Waals surface area contributed by atoms with E-state index in [-0.39, 0.29) is 5.89 Å². The molecule has 0 bridgehead atoms. The molecular formula is C16H7Br2ClN4O2. The molecule has 4 aromatic rings. The number of aromatic nitrogens is 4. The highest BCUT2D eigenvalue weighted by Gasteiger charge is 2.19. The first kappa shape index (κ1) is 16.4. The molecule has 0 radical (unpaired) electrons. The third kappa shape index (κ3) is 2.90. The third-order valence-electron chi connectivity index (χ3n) is 3.45. The lowest BCUT2D eigenvalue weighted by Gasteiger charge is -2.07. The average Bonchev–Trinajstić information content (AvgIpc) is 2.98. The topological polar surface area (TPSA) is 73.8 Å². The number of halogens is 3. The number of pyridine rings is 1. The summed E-state index contributed by atoms with van der Waals surface area (Å²) in [5, 5.41) is 5.12. The Bertz CT molecular complexity index is 1170. The zero-order valence-corrected chi connectivity index (χ0v) is 16.2. The number of benzene rings is 1. The standard InChI is InChI=1S/C16H7Br2ClN4O2/c17-9-4-1-3-8-13(9)21-15(25-16(8)24)11-7-12(18)22-23(11)14-10(19)5-2-6-20-14/h1-7H. The molecule has 0 aliphatic rings. The lowest BCUT2D eigenvalue weighted by molar-refractivity contribution is 0.513. The van der Waals surface area contributed by atoms with Gasteiger partial charge in [0.25, 0.3) is 0 Å². The van der Waals surface area contributed by atoms with Crippen LogP contribution >= 0.6 is 43.5 Å². The van der Waals surface area contributed by atoms with Crippen molar-refractivity contribution in [3.8, 4) is 17.4 Å². The van der Waals surface area contributed by atoms with Gasteiger partial charge in [0.05, 0.1) is 15.9 Å². The molecule has 0 unspecified atom stereocenters. The van der Waals surface area contributed by atoms with E-state index in [1.165, 1.54) is 4.68 Å². The highest BCUT2D eigenvalue weighted by Crippen LogP contribution is 2.28. The van der Waals surface area contributed by atoms with E-state index in [0.717, 1.165) is 0 Å². The summed E-state index contributed by atoms with van der Waals surface area (Å²) in [5.74, 6) is 0.519. The quantitative estimate of drug-likeness (QED) is 0.417. The second-order valence-electron chi connectivity index (χ2n) is 5.02. The molecule has 25 heavy (non-hydrogen) atoms. The van der Waals surface area contributed by atoms with E-state index in [1.807, 2.05) is 0 Å². The van der Waals surface area contributed by atoms with E-state index in [9.17, 15) is 4.79 Å². The van der Waals surface area contributed by atoms with Gasteiger partial charge >= 0.3 is 5.63 Å². The van der Waals surface area contributed by atoms with Gasteiger partial charge in [-0.3, -0.25) is 0 Å². The first-order chi connectivity index (χ1) is 12.0. The monoisotopic (exact) mass is 480 g/mol.